The van der Waals surface area contributed by atoms with Gasteiger partial charge >= 0.3 is 0 Å². The van der Waals surface area contributed by atoms with Crippen LogP contribution in [-0.2, 0) is 25.5 Å². The van der Waals surface area contributed by atoms with E-state index in [2.05, 4.69) is 51.8 Å². The minimum Gasteiger partial charge on any atom is -0.378 e. The first-order valence-corrected chi connectivity index (χ1v) is 14.8. The van der Waals surface area contributed by atoms with Crippen LogP contribution in [0.5, 0.6) is 0 Å². The van der Waals surface area contributed by atoms with E-state index in [9.17, 15) is 0 Å². The molecule has 7 heteroatoms. The zero-order valence-corrected chi connectivity index (χ0v) is 24.9. The minimum atomic E-state index is 0.557. The average molecular weight is 587 g/mol. The minimum absolute atomic E-state index is 0.557. The van der Waals surface area contributed by atoms with Gasteiger partial charge in [-0.15, -0.1) is 6.42 Å². The molecule has 1 heterocycles. The van der Waals surface area contributed by atoms with Crippen LogP contribution in [0.25, 0.3) is 0 Å². The van der Waals surface area contributed by atoms with Crippen molar-refractivity contribution >= 4 is 17.3 Å². The first-order valence-electron chi connectivity index (χ1n) is 14.4. The van der Waals surface area contributed by atoms with Crippen molar-refractivity contribution in [1.29, 1.82) is 0 Å². The maximum Gasteiger partial charge on any atom is 0.0701 e. The van der Waals surface area contributed by atoms with Crippen molar-refractivity contribution in [2.45, 2.75) is 6.54 Å². The molecule has 0 aromatic heterocycles. The normalized spacial score (nSPS) is 16.8. The second-order valence-corrected chi connectivity index (χ2v) is 10.3. The summed E-state index contributed by atoms with van der Waals surface area (Å²) in [7, 11) is 0. The largest absolute Gasteiger partial charge is 0.378 e. The van der Waals surface area contributed by atoms with Crippen LogP contribution in [0.3, 0.4) is 0 Å². The van der Waals surface area contributed by atoms with Crippen molar-refractivity contribution in [3.05, 3.63) is 100 Å². The van der Waals surface area contributed by atoms with E-state index in [0.717, 1.165) is 60.1 Å². The number of hydrogen-bond acceptors (Lipinski definition) is 6. The summed E-state index contributed by atoms with van der Waals surface area (Å²) in [4.78, 5) is 4.61. The Morgan fingerprint density at radius 1 is 0.571 bits per heavy atom. The SMILES string of the molecule is C#Cc1ccc(C#Cc2ccc(N3CCOCCOCCN(Cc4ccc(Cl)cc4)CCOCCOCC3)cc2)cc1. The number of terminal acetylenes is 1. The van der Waals surface area contributed by atoms with Gasteiger partial charge in [-0.2, -0.15) is 0 Å². The van der Waals surface area contributed by atoms with Gasteiger partial charge in [-0.1, -0.05) is 41.5 Å². The molecule has 0 amide bonds. The summed E-state index contributed by atoms with van der Waals surface area (Å²) in [6, 6.07) is 23.9. The lowest BCUT2D eigenvalue weighted by molar-refractivity contribution is 0.0211. The fourth-order valence-corrected chi connectivity index (χ4v) is 4.54. The van der Waals surface area contributed by atoms with Crippen molar-refractivity contribution in [1.82, 2.24) is 4.90 Å². The predicted molar refractivity (Wildman–Crippen MR) is 169 cm³/mol. The Bertz CT molecular complexity index is 1270. The Labute approximate surface area is 255 Å². The predicted octanol–water partition coefficient (Wildman–Crippen LogP) is 5.11. The second kappa shape index (κ2) is 18.3. The summed E-state index contributed by atoms with van der Waals surface area (Å²) < 4.78 is 23.6. The van der Waals surface area contributed by atoms with Crippen LogP contribution >= 0.6 is 11.6 Å². The van der Waals surface area contributed by atoms with Crippen LogP contribution in [0.15, 0.2) is 72.8 Å². The van der Waals surface area contributed by atoms with Crippen molar-refractivity contribution in [2.75, 3.05) is 83.9 Å². The van der Waals surface area contributed by atoms with Crippen molar-refractivity contribution in [3.8, 4) is 24.2 Å². The monoisotopic (exact) mass is 586 g/mol. The van der Waals surface area contributed by atoms with Crippen LogP contribution in [0.4, 0.5) is 5.69 Å². The number of ether oxygens (including phenoxy) is 4. The van der Waals surface area contributed by atoms with Crippen LogP contribution in [-0.4, -0.2) is 83.9 Å². The number of nitrogens with zero attached hydrogens (tertiary/aromatic N) is 2. The van der Waals surface area contributed by atoms with E-state index in [0.29, 0.717) is 52.9 Å². The summed E-state index contributed by atoms with van der Waals surface area (Å²) in [5.74, 6) is 9.05. The smallest absolute Gasteiger partial charge is 0.0701 e. The van der Waals surface area contributed by atoms with Gasteiger partial charge in [-0.3, -0.25) is 4.90 Å². The van der Waals surface area contributed by atoms with Crippen LogP contribution in [0.1, 0.15) is 22.3 Å². The van der Waals surface area contributed by atoms with Crippen LogP contribution in [0, 0.1) is 24.2 Å². The molecule has 3 aromatic rings. The van der Waals surface area contributed by atoms with Crippen LogP contribution in [0.2, 0.25) is 5.02 Å². The first kappa shape index (κ1) is 31.6. The molecule has 42 heavy (non-hydrogen) atoms. The number of halogens is 1. The molecule has 0 unspecified atom stereocenters. The number of rotatable bonds is 3. The molecule has 1 fully saturated rings. The third-order valence-electron chi connectivity index (χ3n) is 6.81. The first-order chi connectivity index (χ1) is 20.7. The van der Waals surface area contributed by atoms with Gasteiger partial charge in [0.1, 0.15) is 0 Å². The number of anilines is 1. The quantitative estimate of drug-likeness (QED) is 0.398. The molecule has 1 saturated heterocycles. The molecule has 0 saturated carbocycles. The topological polar surface area (TPSA) is 43.4 Å². The Hall–Kier alpha value is -3.33. The maximum atomic E-state index is 6.04. The van der Waals surface area contributed by atoms with Crippen molar-refractivity contribution < 1.29 is 18.9 Å². The molecule has 220 valence electrons. The zero-order chi connectivity index (χ0) is 29.2. The van der Waals surface area contributed by atoms with Gasteiger partial charge in [0, 0.05) is 60.1 Å². The van der Waals surface area contributed by atoms with Gasteiger partial charge in [0.05, 0.1) is 52.9 Å². The third kappa shape index (κ3) is 11.5. The lowest BCUT2D eigenvalue weighted by Crippen LogP contribution is -2.33. The Kier molecular flexibility index (Phi) is 13.7. The van der Waals surface area contributed by atoms with E-state index in [1.54, 1.807) is 0 Å². The molecule has 0 atom stereocenters. The van der Waals surface area contributed by atoms with Crippen molar-refractivity contribution in [3.63, 3.8) is 0 Å². The molecular formula is C35H39ClN2O4. The highest BCUT2D eigenvalue weighted by Gasteiger charge is 2.09. The zero-order valence-electron chi connectivity index (χ0n) is 24.1. The number of hydrogen-bond donors (Lipinski definition) is 0. The molecule has 6 nitrogen and oxygen atoms in total. The summed E-state index contributed by atoms with van der Waals surface area (Å²) in [6.07, 6.45) is 5.43. The van der Waals surface area contributed by atoms with Gasteiger partial charge in [0.15, 0.2) is 0 Å². The van der Waals surface area contributed by atoms with E-state index in [1.807, 2.05) is 48.5 Å². The standard InChI is InChI=1S/C35H39ClN2O4/c1-2-30-3-5-31(6-4-30)7-8-32-11-15-35(16-12-32)38-19-23-41-27-25-39-21-17-37(18-22-40-26-28-42-24-20-38)29-33-9-13-34(36)14-10-33/h1,3-6,9-16H,17-29H2. The molecule has 3 aromatic carbocycles. The fraction of sp³-hybridized carbons (Fsp3) is 0.371. The lowest BCUT2D eigenvalue weighted by Gasteiger charge is -2.25. The van der Waals surface area contributed by atoms with Gasteiger partial charge < -0.3 is 23.8 Å². The average Bonchev–Trinajstić information content (AvgIpc) is 3.02. The summed E-state index contributed by atoms with van der Waals surface area (Å²) in [5, 5.41) is 0.747. The van der Waals surface area contributed by atoms with Crippen molar-refractivity contribution in [2.24, 2.45) is 0 Å². The number of benzene rings is 3. The van der Waals surface area contributed by atoms with E-state index in [1.165, 1.54) is 5.56 Å². The van der Waals surface area contributed by atoms with Gasteiger partial charge in [-0.05, 0) is 66.2 Å². The molecule has 0 radical (unpaired) electrons. The van der Waals surface area contributed by atoms with Gasteiger partial charge in [-0.25, -0.2) is 0 Å². The summed E-state index contributed by atoms with van der Waals surface area (Å²) >= 11 is 6.04. The van der Waals surface area contributed by atoms with E-state index < -0.39 is 0 Å². The van der Waals surface area contributed by atoms with Gasteiger partial charge in [0.25, 0.3) is 0 Å². The maximum absolute atomic E-state index is 6.04. The lowest BCUT2D eigenvalue weighted by atomic mass is 10.1. The van der Waals surface area contributed by atoms with E-state index in [-0.39, 0.29) is 0 Å². The Balaban J connectivity index is 1.26. The van der Waals surface area contributed by atoms with E-state index >= 15 is 0 Å². The summed E-state index contributed by atoms with van der Waals surface area (Å²) in [5.41, 5.74) is 5.06. The van der Waals surface area contributed by atoms with Crippen LogP contribution < -0.4 is 4.90 Å². The molecule has 0 bridgehead atoms. The molecule has 1 aliphatic heterocycles. The fourth-order valence-electron chi connectivity index (χ4n) is 4.42. The molecule has 0 spiro atoms. The Morgan fingerprint density at radius 2 is 1.02 bits per heavy atom. The molecular weight excluding hydrogens is 548 g/mol. The summed E-state index contributed by atoms with van der Waals surface area (Å²) in [6.45, 7) is 8.67. The Morgan fingerprint density at radius 3 is 1.52 bits per heavy atom. The third-order valence-corrected chi connectivity index (χ3v) is 7.07. The van der Waals surface area contributed by atoms with E-state index in [4.69, 9.17) is 37.0 Å². The molecule has 0 aliphatic carbocycles. The molecule has 1 aliphatic rings. The molecule has 0 N–H and O–H groups in total. The molecule has 4 rings (SSSR count). The highest BCUT2D eigenvalue weighted by molar-refractivity contribution is 6.30. The highest BCUT2D eigenvalue weighted by atomic mass is 35.5. The van der Waals surface area contributed by atoms with Gasteiger partial charge in [0.2, 0.25) is 0 Å². The second-order valence-electron chi connectivity index (χ2n) is 9.86. The highest BCUT2D eigenvalue weighted by Crippen LogP contribution is 2.15.